The van der Waals surface area contributed by atoms with Gasteiger partial charge in [0.1, 0.15) is 0 Å². The standard InChI is InChI=1S/C9H5Cl2/c10-8-4-6-2-1-3-7(6)5-9(8)11/h1-5H. The highest BCUT2D eigenvalue weighted by molar-refractivity contribution is 6.42. The summed E-state index contributed by atoms with van der Waals surface area (Å²) in [4.78, 5) is 0. The zero-order valence-corrected chi connectivity index (χ0v) is 7.15. The van der Waals surface area contributed by atoms with Crippen molar-refractivity contribution in [2.75, 3.05) is 0 Å². The van der Waals surface area contributed by atoms with Crippen LogP contribution in [-0.4, -0.2) is 0 Å². The third-order valence-corrected chi connectivity index (χ3v) is 2.40. The number of hydrogen-bond acceptors (Lipinski definition) is 0. The molecule has 1 aliphatic carbocycles. The summed E-state index contributed by atoms with van der Waals surface area (Å²) in [6, 6.07) is 3.75. The lowest BCUT2D eigenvalue weighted by Gasteiger charge is -2.00. The van der Waals surface area contributed by atoms with E-state index in [9.17, 15) is 0 Å². The first kappa shape index (κ1) is 7.20. The van der Waals surface area contributed by atoms with Crippen LogP contribution in [0.15, 0.2) is 18.2 Å². The molecule has 0 atom stereocenters. The van der Waals surface area contributed by atoms with E-state index in [4.69, 9.17) is 23.2 Å². The number of benzene rings is 1. The van der Waals surface area contributed by atoms with Crippen molar-refractivity contribution >= 4 is 29.3 Å². The second kappa shape index (κ2) is 2.54. The highest BCUT2D eigenvalue weighted by Crippen LogP contribution is 2.30. The quantitative estimate of drug-likeness (QED) is 0.578. The molecule has 1 aromatic carbocycles. The number of hydrogen-bond donors (Lipinski definition) is 0. The first-order valence-corrected chi connectivity index (χ1v) is 4.03. The Morgan fingerprint density at radius 3 is 2.27 bits per heavy atom. The summed E-state index contributed by atoms with van der Waals surface area (Å²) in [5.74, 6) is 0. The SMILES string of the molecule is Clc1cc2c(cc1Cl)C=C[CH]2. The summed E-state index contributed by atoms with van der Waals surface area (Å²) < 4.78 is 0. The monoisotopic (exact) mass is 183 g/mol. The maximum absolute atomic E-state index is 5.81. The van der Waals surface area contributed by atoms with Crippen molar-refractivity contribution in [1.82, 2.24) is 0 Å². The maximum Gasteiger partial charge on any atom is 0.0598 e. The van der Waals surface area contributed by atoms with E-state index < -0.39 is 0 Å². The van der Waals surface area contributed by atoms with Gasteiger partial charge in [-0.1, -0.05) is 35.4 Å². The molecule has 0 amide bonds. The molecule has 1 aliphatic rings. The van der Waals surface area contributed by atoms with Crippen LogP contribution < -0.4 is 0 Å². The molecule has 0 nitrogen and oxygen atoms in total. The molecule has 0 N–H and O–H groups in total. The molecule has 0 aliphatic heterocycles. The number of allylic oxidation sites excluding steroid dienone is 1. The Labute approximate surface area is 75.4 Å². The molecule has 0 saturated heterocycles. The van der Waals surface area contributed by atoms with Crippen LogP contribution in [0, 0.1) is 6.42 Å². The van der Waals surface area contributed by atoms with Gasteiger partial charge in [-0.3, -0.25) is 0 Å². The number of rotatable bonds is 0. The Morgan fingerprint density at radius 1 is 0.909 bits per heavy atom. The van der Waals surface area contributed by atoms with E-state index in [1.54, 1.807) is 0 Å². The first-order chi connectivity index (χ1) is 5.27. The van der Waals surface area contributed by atoms with Crippen molar-refractivity contribution < 1.29 is 0 Å². The molecule has 0 aromatic heterocycles. The number of fused-ring (bicyclic) bond motifs is 1. The third-order valence-electron chi connectivity index (χ3n) is 1.68. The second-order valence-corrected chi connectivity index (χ2v) is 3.24. The third kappa shape index (κ3) is 1.17. The molecule has 0 spiro atoms. The lowest BCUT2D eigenvalue weighted by Crippen LogP contribution is -1.79. The minimum absolute atomic E-state index is 0.616. The van der Waals surface area contributed by atoms with Gasteiger partial charge in [0.15, 0.2) is 0 Å². The van der Waals surface area contributed by atoms with Gasteiger partial charge in [-0.05, 0) is 23.3 Å². The molecule has 2 heteroatoms. The molecule has 2 rings (SSSR count). The molecule has 0 fully saturated rings. The predicted molar refractivity (Wildman–Crippen MR) is 48.9 cm³/mol. The fourth-order valence-corrected chi connectivity index (χ4v) is 1.47. The summed E-state index contributed by atoms with van der Waals surface area (Å²) in [6.45, 7) is 0. The Hall–Kier alpha value is -0.460. The molecule has 0 unspecified atom stereocenters. The first-order valence-electron chi connectivity index (χ1n) is 3.28. The van der Waals surface area contributed by atoms with E-state index in [1.165, 1.54) is 0 Å². The van der Waals surface area contributed by atoms with Crippen molar-refractivity contribution in [1.29, 1.82) is 0 Å². The van der Waals surface area contributed by atoms with Crippen molar-refractivity contribution in [2.45, 2.75) is 0 Å². The molecule has 0 bridgehead atoms. The summed E-state index contributed by atoms with van der Waals surface area (Å²) in [6.07, 6.45) is 6.01. The minimum Gasteiger partial charge on any atom is -0.0827 e. The van der Waals surface area contributed by atoms with Crippen molar-refractivity contribution in [2.24, 2.45) is 0 Å². The maximum atomic E-state index is 5.81. The smallest absolute Gasteiger partial charge is 0.0598 e. The molecule has 0 heterocycles. The average molecular weight is 184 g/mol. The zero-order valence-electron chi connectivity index (χ0n) is 5.64. The topological polar surface area (TPSA) is 0 Å². The van der Waals surface area contributed by atoms with Gasteiger partial charge >= 0.3 is 0 Å². The fraction of sp³-hybridized carbons (Fsp3) is 0. The van der Waals surface area contributed by atoms with Crippen LogP contribution >= 0.6 is 23.2 Å². The normalized spacial score (nSPS) is 13.6. The van der Waals surface area contributed by atoms with Gasteiger partial charge in [-0.15, -0.1) is 0 Å². The summed E-state index contributed by atoms with van der Waals surface area (Å²) >= 11 is 11.6. The van der Waals surface area contributed by atoms with E-state index in [0.29, 0.717) is 10.0 Å². The van der Waals surface area contributed by atoms with E-state index >= 15 is 0 Å². The number of halogens is 2. The van der Waals surface area contributed by atoms with Crippen LogP contribution in [0.3, 0.4) is 0 Å². The molecule has 11 heavy (non-hydrogen) atoms. The Bertz CT molecular complexity index is 327. The van der Waals surface area contributed by atoms with E-state index in [1.807, 2.05) is 30.7 Å². The van der Waals surface area contributed by atoms with Crippen LogP contribution in [0.25, 0.3) is 6.08 Å². The van der Waals surface area contributed by atoms with Gasteiger partial charge < -0.3 is 0 Å². The van der Waals surface area contributed by atoms with Gasteiger partial charge in [-0.2, -0.15) is 0 Å². The van der Waals surface area contributed by atoms with Crippen LogP contribution in [0.4, 0.5) is 0 Å². The lowest BCUT2D eigenvalue weighted by molar-refractivity contribution is 1.54. The molecule has 0 saturated carbocycles. The molecular formula is C9H5Cl2. The predicted octanol–water partition coefficient (Wildman–Crippen LogP) is 3.57. The van der Waals surface area contributed by atoms with Crippen molar-refractivity contribution in [3.63, 3.8) is 0 Å². The van der Waals surface area contributed by atoms with Gasteiger partial charge in [-0.25, -0.2) is 0 Å². The Balaban J connectivity index is 2.63. The van der Waals surface area contributed by atoms with E-state index in [0.717, 1.165) is 11.1 Å². The van der Waals surface area contributed by atoms with Gasteiger partial charge in [0.25, 0.3) is 0 Å². The molecule has 1 radical (unpaired) electrons. The Morgan fingerprint density at radius 2 is 1.55 bits per heavy atom. The molecular weight excluding hydrogens is 179 g/mol. The van der Waals surface area contributed by atoms with Gasteiger partial charge in [0.2, 0.25) is 0 Å². The largest absolute Gasteiger partial charge is 0.0827 e. The van der Waals surface area contributed by atoms with E-state index in [-0.39, 0.29) is 0 Å². The highest BCUT2D eigenvalue weighted by atomic mass is 35.5. The second-order valence-electron chi connectivity index (χ2n) is 2.42. The van der Waals surface area contributed by atoms with Crippen LogP contribution in [0.2, 0.25) is 10.0 Å². The lowest BCUT2D eigenvalue weighted by atomic mass is 10.1. The average Bonchev–Trinajstić information content (AvgIpc) is 2.36. The van der Waals surface area contributed by atoms with Crippen LogP contribution in [0.1, 0.15) is 11.1 Å². The van der Waals surface area contributed by atoms with Crippen LogP contribution in [-0.2, 0) is 0 Å². The Kier molecular flexibility index (Phi) is 1.67. The molecule has 55 valence electrons. The zero-order chi connectivity index (χ0) is 7.84. The van der Waals surface area contributed by atoms with Crippen LogP contribution in [0.5, 0.6) is 0 Å². The molecule has 1 aromatic rings. The highest BCUT2D eigenvalue weighted by Gasteiger charge is 2.07. The summed E-state index contributed by atoms with van der Waals surface area (Å²) in [7, 11) is 0. The summed E-state index contributed by atoms with van der Waals surface area (Å²) in [5.41, 5.74) is 2.28. The minimum atomic E-state index is 0.616. The summed E-state index contributed by atoms with van der Waals surface area (Å²) in [5, 5.41) is 1.23. The van der Waals surface area contributed by atoms with Gasteiger partial charge in [0.05, 0.1) is 10.0 Å². The van der Waals surface area contributed by atoms with Crippen molar-refractivity contribution in [3.8, 4) is 0 Å². The van der Waals surface area contributed by atoms with E-state index in [2.05, 4.69) is 0 Å². The van der Waals surface area contributed by atoms with Gasteiger partial charge in [0, 0.05) is 6.42 Å². The fourth-order valence-electron chi connectivity index (χ4n) is 1.12. The van der Waals surface area contributed by atoms with Crippen molar-refractivity contribution in [3.05, 3.63) is 45.8 Å².